The Kier molecular flexibility index (Phi) is 6.07. The third kappa shape index (κ3) is 4.68. The fourth-order valence-electron chi connectivity index (χ4n) is 3.28. The van der Waals surface area contributed by atoms with Crippen molar-refractivity contribution in [1.29, 1.82) is 0 Å². The fourth-order valence-corrected chi connectivity index (χ4v) is 3.74. The molecule has 3 heterocycles. The smallest absolute Gasteiger partial charge is 0.262 e. The lowest BCUT2D eigenvalue weighted by atomic mass is 10.1. The Labute approximate surface area is 204 Å². The Morgan fingerprint density at radius 1 is 0.912 bits per heavy atom. The van der Waals surface area contributed by atoms with E-state index in [-0.39, 0.29) is 12.5 Å². The molecule has 34 heavy (non-hydrogen) atoms. The molecule has 0 unspecified atom stereocenters. The number of carbonyl (C=O) groups is 1. The van der Waals surface area contributed by atoms with Crippen LogP contribution in [-0.4, -0.2) is 37.3 Å². The van der Waals surface area contributed by atoms with Crippen LogP contribution in [0.25, 0.3) is 28.3 Å². The van der Waals surface area contributed by atoms with Gasteiger partial charge in [0.05, 0.1) is 10.7 Å². The van der Waals surface area contributed by atoms with Crippen LogP contribution in [0.2, 0.25) is 10.0 Å². The third-order valence-corrected chi connectivity index (χ3v) is 5.45. The van der Waals surface area contributed by atoms with Gasteiger partial charge in [0.1, 0.15) is 5.75 Å². The van der Waals surface area contributed by atoms with Crippen LogP contribution in [0.3, 0.4) is 0 Å². The van der Waals surface area contributed by atoms with E-state index in [2.05, 4.69) is 20.5 Å². The quantitative estimate of drug-likeness (QED) is 0.352. The van der Waals surface area contributed by atoms with Crippen molar-refractivity contribution in [3.8, 4) is 28.4 Å². The van der Waals surface area contributed by atoms with Crippen LogP contribution >= 0.6 is 23.2 Å². The molecule has 0 fully saturated rings. The summed E-state index contributed by atoms with van der Waals surface area (Å²) in [6, 6.07) is 19.6. The summed E-state index contributed by atoms with van der Waals surface area (Å²) in [6.07, 6.45) is 3.39. The largest absolute Gasteiger partial charge is 0.482 e. The summed E-state index contributed by atoms with van der Waals surface area (Å²) < 4.78 is 7.16. The number of nitrogens with zero attached hydrogens (tertiary/aromatic N) is 5. The van der Waals surface area contributed by atoms with Crippen molar-refractivity contribution in [2.24, 2.45) is 0 Å². The molecule has 10 heteroatoms. The van der Waals surface area contributed by atoms with E-state index < -0.39 is 0 Å². The lowest BCUT2D eigenvalue weighted by Gasteiger charge is -2.09. The zero-order valence-electron chi connectivity index (χ0n) is 17.5. The fraction of sp³-hybridized carbons (Fsp3) is 0.0417. The second kappa shape index (κ2) is 9.46. The van der Waals surface area contributed by atoms with E-state index in [1.807, 2.05) is 36.4 Å². The molecule has 0 aliphatic carbocycles. The first kappa shape index (κ1) is 21.8. The predicted octanol–water partition coefficient (Wildman–Crippen LogP) is 5.18. The first-order valence-corrected chi connectivity index (χ1v) is 10.9. The molecular weight excluding hydrogens is 475 g/mol. The van der Waals surface area contributed by atoms with Crippen LogP contribution in [-0.2, 0) is 4.79 Å². The second-order valence-electron chi connectivity index (χ2n) is 7.24. The Morgan fingerprint density at radius 2 is 1.71 bits per heavy atom. The summed E-state index contributed by atoms with van der Waals surface area (Å²) in [5, 5.41) is 16.7. The average molecular weight is 491 g/mol. The number of rotatable bonds is 6. The van der Waals surface area contributed by atoms with Gasteiger partial charge in [-0.05, 0) is 54.6 Å². The lowest BCUT2D eigenvalue weighted by Crippen LogP contribution is -2.20. The number of benzene rings is 2. The molecule has 5 aromatic rings. The monoisotopic (exact) mass is 490 g/mol. The first-order chi connectivity index (χ1) is 16.6. The molecule has 0 aliphatic heterocycles. The van der Waals surface area contributed by atoms with E-state index in [1.54, 1.807) is 47.2 Å². The third-order valence-electron chi connectivity index (χ3n) is 4.92. The normalized spacial score (nSPS) is 10.9. The SMILES string of the molecule is O=C(COc1ccc(Cl)cc1Cl)Nc1ccc(-c2ccc3nnc(-c4ccncc4)n3n2)cc1. The Balaban J connectivity index is 1.28. The van der Waals surface area contributed by atoms with Crippen molar-refractivity contribution in [3.05, 3.63) is 89.2 Å². The number of hydrogen-bond acceptors (Lipinski definition) is 6. The zero-order valence-corrected chi connectivity index (χ0v) is 19.0. The van der Waals surface area contributed by atoms with Crippen molar-refractivity contribution >= 4 is 40.4 Å². The van der Waals surface area contributed by atoms with Crippen LogP contribution in [0.15, 0.2) is 79.1 Å². The summed E-state index contributed by atoms with van der Waals surface area (Å²) in [5.74, 6) is 0.701. The number of hydrogen-bond donors (Lipinski definition) is 1. The van der Waals surface area contributed by atoms with E-state index in [1.165, 1.54) is 0 Å². The number of fused-ring (bicyclic) bond motifs is 1. The maximum Gasteiger partial charge on any atom is 0.262 e. The van der Waals surface area contributed by atoms with Gasteiger partial charge in [0.2, 0.25) is 0 Å². The van der Waals surface area contributed by atoms with E-state index in [0.29, 0.717) is 33.0 Å². The molecule has 8 nitrogen and oxygen atoms in total. The molecule has 0 radical (unpaired) electrons. The minimum atomic E-state index is -0.315. The van der Waals surface area contributed by atoms with Crippen molar-refractivity contribution in [2.75, 3.05) is 11.9 Å². The molecule has 3 aromatic heterocycles. The highest BCUT2D eigenvalue weighted by Gasteiger charge is 2.11. The molecule has 0 spiro atoms. The number of amides is 1. The molecule has 168 valence electrons. The Hall–Kier alpha value is -4.01. The minimum absolute atomic E-state index is 0.188. The standard InChI is InChI=1S/C24H16Cl2N6O2/c25-17-3-7-21(19(26)13-17)34-14-23(33)28-18-4-1-15(2-5-18)20-6-8-22-29-30-24(32(22)31-20)16-9-11-27-12-10-16/h1-13H,14H2,(H,28,33). The second-order valence-corrected chi connectivity index (χ2v) is 8.08. The number of carbonyl (C=O) groups excluding carboxylic acids is 1. The summed E-state index contributed by atoms with van der Waals surface area (Å²) in [6.45, 7) is -0.188. The van der Waals surface area contributed by atoms with E-state index in [9.17, 15) is 4.79 Å². The van der Waals surface area contributed by atoms with Gasteiger partial charge in [-0.3, -0.25) is 9.78 Å². The topological polar surface area (TPSA) is 94.3 Å². The number of ether oxygens (including phenoxy) is 1. The molecule has 0 atom stereocenters. The van der Waals surface area contributed by atoms with Gasteiger partial charge in [0.25, 0.3) is 5.91 Å². The highest BCUT2D eigenvalue weighted by molar-refractivity contribution is 6.35. The van der Waals surface area contributed by atoms with Gasteiger partial charge in [-0.15, -0.1) is 10.2 Å². The number of aromatic nitrogens is 5. The Bertz CT molecular complexity index is 1470. The molecular formula is C24H16Cl2N6O2. The van der Waals surface area contributed by atoms with Crippen molar-refractivity contribution < 1.29 is 9.53 Å². The molecule has 1 N–H and O–H groups in total. The lowest BCUT2D eigenvalue weighted by molar-refractivity contribution is -0.118. The summed E-state index contributed by atoms with van der Waals surface area (Å²) >= 11 is 11.9. The van der Waals surface area contributed by atoms with Gasteiger partial charge in [-0.25, -0.2) is 0 Å². The van der Waals surface area contributed by atoms with Crippen molar-refractivity contribution in [1.82, 2.24) is 24.8 Å². The molecule has 1 amide bonds. The van der Waals surface area contributed by atoms with Crippen LogP contribution in [0.4, 0.5) is 5.69 Å². The summed E-state index contributed by atoms with van der Waals surface area (Å²) in [7, 11) is 0. The van der Waals surface area contributed by atoms with Gasteiger partial charge in [-0.1, -0.05) is 35.3 Å². The van der Waals surface area contributed by atoms with Crippen LogP contribution in [0, 0.1) is 0 Å². The van der Waals surface area contributed by atoms with Crippen LogP contribution in [0.1, 0.15) is 0 Å². The van der Waals surface area contributed by atoms with E-state index in [0.717, 1.165) is 16.8 Å². The maximum absolute atomic E-state index is 12.3. The maximum atomic E-state index is 12.3. The van der Waals surface area contributed by atoms with E-state index >= 15 is 0 Å². The number of nitrogens with one attached hydrogen (secondary N) is 1. The summed E-state index contributed by atoms with van der Waals surface area (Å²) in [4.78, 5) is 16.3. The molecule has 0 bridgehead atoms. The van der Waals surface area contributed by atoms with Gasteiger partial charge >= 0.3 is 0 Å². The summed E-state index contributed by atoms with van der Waals surface area (Å²) in [5.41, 5.74) is 3.75. The predicted molar refractivity (Wildman–Crippen MR) is 130 cm³/mol. The van der Waals surface area contributed by atoms with Crippen molar-refractivity contribution in [2.45, 2.75) is 0 Å². The highest BCUT2D eigenvalue weighted by Crippen LogP contribution is 2.27. The first-order valence-electron chi connectivity index (χ1n) is 10.2. The Morgan fingerprint density at radius 3 is 2.47 bits per heavy atom. The zero-order chi connectivity index (χ0) is 23.5. The van der Waals surface area contributed by atoms with Crippen molar-refractivity contribution in [3.63, 3.8) is 0 Å². The molecule has 0 saturated heterocycles. The number of anilines is 1. The van der Waals surface area contributed by atoms with E-state index in [4.69, 9.17) is 33.0 Å². The molecule has 5 rings (SSSR count). The van der Waals surface area contributed by atoms with Gasteiger partial charge in [0, 0.05) is 34.2 Å². The molecule has 2 aromatic carbocycles. The molecule has 0 aliphatic rings. The van der Waals surface area contributed by atoms with Gasteiger partial charge < -0.3 is 10.1 Å². The number of halogens is 2. The van der Waals surface area contributed by atoms with Crippen LogP contribution < -0.4 is 10.1 Å². The van der Waals surface area contributed by atoms with Gasteiger partial charge in [0.15, 0.2) is 18.1 Å². The minimum Gasteiger partial charge on any atom is -0.482 e. The number of pyridine rings is 1. The van der Waals surface area contributed by atoms with Gasteiger partial charge in [-0.2, -0.15) is 9.61 Å². The highest BCUT2D eigenvalue weighted by atomic mass is 35.5. The molecule has 0 saturated carbocycles. The van der Waals surface area contributed by atoms with Crippen LogP contribution in [0.5, 0.6) is 5.75 Å². The average Bonchev–Trinajstić information content (AvgIpc) is 3.28.